The van der Waals surface area contributed by atoms with Crippen LogP contribution in [0.3, 0.4) is 0 Å². The van der Waals surface area contributed by atoms with Crippen LogP contribution in [0.15, 0.2) is 24.3 Å². The summed E-state index contributed by atoms with van der Waals surface area (Å²) in [6, 6.07) is 8.12. The topological polar surface area (TPSA) is 25.8 Å². The third kappa shape index (κ3) is 2.13. The fraction of sp³-hybridized carbons (Fsp3) is 0.200. The zero-order chi connectivity index (χ0) is 13.6. The average Bonchev–Trinajstić information content (AvgIpc) is 2.69. The molecule has 0 N–H and O–H groups in total. The Hall–Kier alpha value is -1.45. The lowest BCUT2D eigenvalue weighted by Gasteiger charge is -2.05. The van der Waals surface area contributed by atoms with Gasteiger partial charge in [-0.25, -0.2) is 9.97 Å². The molecule has 3 rings (SSSR count). The van der Waals surface area contributed by atoms with Gasteiger partial charge in [-0.3, -0.25) is 0 Å². The maximum Gasteiger partial charge on any atom is 0.171 e. The lowest BCUT2D eigenvalue weighted by Crippen LogP contribution is -1.91. The molecule has 0 amide bonds. The first-order valence-electron chi connectivity index (χ1n) is 6.06. The minimum absolute atomic E-state index is 0.529. The van der Waals surface area contributed by atoms with E-state index in [1.165, 1.54) is 10.4 Å². The van der Waals surface area contributed by atoms with Crippen LogP contribution >= 0.6 is 22.9 Å². The first kappa shape index (κ1) is 12.6. The van der Waals surface area contributed by atoms with Crippen molar-refractivity contribution in [3.63, 3.8) is 0 Å². The molecular weight excluding hydrogens is 276 g/mol. The third-order valence-electron chi connectivity index (χ3n) is 3.27. The van der Waals surface area contributed by atoms with Crippen LogP contribution in [0.2, 0.25) is 5.15 Å². The predicted molar refractivity (Wildman–Crippen MR) is 82.1 cm³/mol. The van der Waals surface area contributed by atoms with Crippen molar-refractivity contribution in [1.82, 2.24) is 9.97 Å². The molecule has 0 fully saturated rings. The summed E-state index contributed by atoms with van der Waals surface area (Å²) in [4.78, 5) is 11.4. The van der Waals surface area contributed by atoms with E-state index in [1.807, 2.05) is 25.1 Å². The lowest BCUT2D eigenvalue weighted by atomic mass is 10.1. The Bertz CT molecular complexity index is 758. The van der Waals surface area contributed by atoms with E-state index in [-0.39, 0.29) is 0 Å². The largest absolute Gasteiger partial charge is 0.227 e. The van der Waals surface area contributed by atoms with E-state index in [0.717, 1.165) is 21.3 Å². The van der Waals surface area contributed by atoms with Gasteiger partial charge in [-0.05, 0) is 44.0 Å². The maximum absolute atomic E-state index is 6.32. The first-order chi connectivity index (χ1) is 9.06. The van der Waals surface area contributed by atoms with Crippen LogP contribution in [-0.2, 0) is 0 Å². The van der Waals surface area contributed by atoms with Crippen LogP contribution in [0.4, 0.5) is 0 Å². The van der Waals surface area contributed by atoms with Gasteiger partial charge < -0.3 is 0 Å². The molecule has 2 aromatic heterocycles. The Morgan fingerprint density at radius 2 is 1.84 bits per heavy atom. The summed E-state index contributed by atoms with van der Waals surface area (Å²) in [5.41, 5.74) is 3.27. The SMILES string of the molecule is Cc1cc(-c2nc(Cl)c3c(C)cccc3n2)sc1C. The van der Waals surface area contributed by atoms with Crippen molar-refractivity contribution in [3.8, 4) is 10.7 Å². The Morgan fingerprint density at radius 3 is 2.53 bits per heavy atom. The Morgan fingerprint density at radius 1 is 1.05 bits per heavy atom. The van der Waals surface area contributed by atoms with Gasteiger partial charge in [0.05, 0.1) is 10.4 Å². The summed E-state index contributed by atoms with van der Waals surface area (Å²) in [5, 5.41) is 1.47. The molecule has 96 valence electrons. The van der Waals surface area contributed by atoms with E-state index in [2.05, 4.69) is 29.9 Å². The molecule has 0 unspecified atom stereocenters. The molecule has 0 aliphatic heterocycles. The highest BCUT2D eigenvalue weighted by Crippen LogP contribution is 2.32. The zero-order valence-corrected chi connectivity index (χ0v) is 12.6. The molecule has 0 saturated heterocycles. The normalized spacial score (nSPS) is 11.2. The molecule has 3 aromatic rings. The molecule has 0 radical (unpaired) electrons. The fourth-order valence-electron chi connectivity index (χ4n) is 2.10. The van der Waals surface area contributed by atoms with Gasteiger partial charge in [-0.15, -0.1) is 11.3 Å². The van der Waals surface area contributed by atoms with Crippen LogP contribution < -0.4 is 0 Å². The number of nitrogens with zero attached hydrogens (tertiary/aromatic N) is 2. The van der Waals surface area contributed by atoms with Gasteiger partial charge in [0.2, 0.25) is 0 Å². The summed E-state index contributed by atoms with van der Waals surface area (Å²) < 4.78 is 0. The van der Waals surface area contributed by atoms with E-state index in [9.17, 15) is 0 Å². The number of fused-ring (bicyclic) bond motifs is 1. The van der Waals surface area contributed by atoms with Crippen molar-refractivity contribution in [2.75, 3.05) is 0 Å². The van der Waals surface area contributed by atoms with E-state index in [1.54, 1.807) is 11.3 Å². The standard InChI is InChI=1S/C15H13ClN2S/c1-8-5-4-6-11-13(8)14(16)18-15(17-11)12-7-9(2)10(3)19-12/h4-7H,1-3H3. The van der Waals surface area contributed by atoms with Crippen LogP contribution in [0, 0.1) is 20.8 Å². The summed E-state index contributed by atoms with van der Waals surface area (Å²) in [6.45, 7) is 6.23. The second kappa shape index (κ2) is 4.58. The fourth-order valence-corrected chi connectivity index (χ4v) is 3.39. The number of halogens is 1. The Balaban J connectivity index is 2.26. The van der Waals surface area contributed by atoms with Crippen molar-refractivity contribution in [1.29, 1.82) is 0 Å². The molecule has 0 spiro atoms. The highest BCUT2D eigenvalue weighted by molar-refractivity contribution is 7.15. The number of rotatable bonds is 1. The molecule has 4 heteroatoms. The molecule has 0 aliphatic carbocycles. The van der Waals surface area contributed by atoms with Gasteiger partial charge in [0.25, 0.3) is 0 Å². The van der Waals surface area contributed by atoms with Crippen molar-refractivity contribution in [2.24, 2.45) is 0 Å². The van der Waals surface area contributed by atoms with Gasteiger partial charge in [-0.1, -0.05) is 23.7 Å². The molecular formula is C15H13ClN2S. The van der Waals surface area contributed by atoms with Crippen LogP contribution in [0.25, 0.3) is 21.6 Å². The quantitative estimate of drug-likeness (QED) is 0.593. The van der Waals surface area contributed by atoms with Crippen molar-refractivity contribution < 1.29 is 0 Å². The summed E-state index contributed by atoms with van der Waals surface area (Å²) in [6.07, 6.45) is 0. The number of benzene rings is 1. The first-order valence-corrected chi connectivity index (χ1v) is 7.26. The van der Waals surface area contributed by atoms with Crippen LogP contribution in [0.5, 0.6) is 0 Å². The summed E-state index contributed by atoms with van der Waals surface area (Å²) >= 11 is 8.02. The second-order valence-corrected chi connectivity index (χ2v) is 6.27. The molecule has 0 atom stereocenters. The molecule has 2 heterocycles. The Labute approximate surface area is 121 Å². The van der Waals surface area contributed by atoms with Crippen molar-refractivity contribution in [3.05, 3.63) is 45.4 Å². The smallest absolute Gasteiger partial charge is 0.171 e. The van der Waals surface area contributed by atoms with Crippen molar-refractivity contribution in [2.45, 2.75) is 20.8 Å². The second-order valence-electron chi connectivity index (χ2n) is 4.66. The van der Waals surface area contributed by atoms with Crippen LogP contribution in [-0.4, -0.2) is 9.97 Å². The highest BCUT2D eigenvalue weighted by Gasteiger charge is 2.12. The van der Waals surface area contributed by atoms with E-state index < -0.39 is 0 Å². The molecule has 0 bridgehead atoms. The molecule has 19 heavy (non-hydrogen) atoms. The van der Waals surface area contributed by atoms with Crippen molar-refractivity contribution >= 4 is 33.8 Å². The van der Waals surface area contributed by atoms with E-state index in [0.29, 0.717) is 11.0 Å². The zero-order valence-electron chi connectivity index (χ0n) is 11.0. The molecule has 1 aromatic carbocycles. The summed E-state index contributed by atoms with van der Waals surface area (Å²) in [5.74, 6) is 0.712. The van der Waals surface area contributed by atoms with Gasteiger partial charge in [0.15, 0.2) is 5.82 Å². The van der Waals surface area contributed by atoms with E-state index >= 15 is 0 Å². The third-order valence-corrected chi connectivity index (χ3v) is 4.70. The average molecular weight is 289 g/mol. The highest BCUT2D eigenvalue weighted by atomic mass is 35.5. The monoisotopic (exact) mass is 288 g/mol. The number of thiophene rings is 1. The number of aryl methyl sites for hydroxylation is 3. The maximum atomic E-state index is 6.32. The number of hydrogen-bond acceptors (Lipinski definition) is 3. The molecule has 0 saturated carbocycles. The Kier molecular flexibility index (Phi) is 3.03. The molecule has 0 aliphatic rings. The van der Waals surface area contributed by atoms with Crippen LogP contribution in [0.1, 0.15) is 16.0 Å². The number of aromatic nitrogens is 2. The molecule has 2 nitrogen and oxygen atoms in total. The minimum Gasteiger partial charge on any atom is -0.227 e. The minimum atomic E-state index is 0.529. The lowest BCUT2D eigenvalue weighted by molar-refractivity contribution is 1.23. The predicted octanol–water partition coefficient (Wildman–Crippen LogP) is 4.94. The van der Waals surface area contributed by atoms with E-state index in [4.69, 9.17) is 11.6 Å². The summed E-state index contributed by atoms with van der Waals surface area (Å²) in [7, 11) is 0. The number of hydrogen-bond donors (Lipinski definition) is 0. The van der Waals surface area contributed by atoms with Gasteiger partial charge >= 0.3 is 0 Å². The van der Waals surface area contributed by atoms with Gasteiger partial charge in [0, 0.05) is 10.3 Å². The van der Waals surface area contributed by atoms with Gasteiger partial charge in [-0.2, -0.15) is 0 Å². The van der Waals surface area contributed by atoms with Gasteiger partial charge in [0.1, 0.15) is 5.15 Å².